The summed E-state index contributed by atoms with van der Waals surface area (Å²) in [5, 5.41) is 6.21. The fourth-order valence-corrected chi connectivity index (χ4v) is 3.58. The number of carbonyl (C=O) groups excluding carboxylic acids is 2. The Morgan fingerprint density at radius 2 is 1.96 bits per heavy atom. The van der Waals surface area contributed by atoms with Gasteiger partial charge in [-0.2, -0.15) is 0 Å². The van der Waals surface area contributed by atoms with Gasteiger partial charge in [0.05, 0.1) is 0 Å². The summed E-state index contributed by atoms with van der Waals surface area (Å²) in [4.78, 5) is 30.3. The molecule has 2 aromatic heterocycles. The lowest BCUT2D eigenvalue weighted by Gasteiger charge is -2.18. The maximum atomic E-state index is 12.1. The Kier molecular flexibility index (Phi) is 6.24. The van der Waals surface area contributed by atoms with Crippen molar-refractivity contribution in [3.63, 3.8) is 0 Å². The molecule has 3 rings (SSSR count). The van der Waals surface area contributed by atoms with Gasteiger partial charge in [0.1, 0.15) is 11.3 Å². The van der Waals surface area contributed by atoms with Gasteiger partial charge >= 0.3 is 0 Å². The van der Waals surface area contributed by atoms with Crippen molar-refractivity contribution in [1.82, 2.24) is 9.88 Å². The van der Waals surface area contributed by atoms with Crippen molar-refractivity contribution in [1.29, 1.82) is 0 Å². The van der Waals surface area contributed by atoms with Crippen LogP contribution >= 0.6 is 11.3 Å². The fourth-order valence-electron chi connectivity index (χ4n) is 2.87. The Balaban J connectivity index is 1.53. The summed E-state index contributed by atoms with van der Waals surface area (Å²) in [7, 11) is 0. The van der Waals surface area contributed by atoms with Crippen molar-refractivity contribution in [2.24, 2.45) is 0 Å². The van der Waals surface area contributed by atoms with Crippen LogP contribution in [0.5, 0.6) is 0 Å². The third kappa shape index (κ3) is 4.74. The first-order valence-electron chi connectivity index (χ1n) is 9.12. The molecule has 2 amide bonds. The fraction of sp³-hybridized carbons (Fsp3) is 0.350. The molecule has 6 nitrogen and oxygen atoms in total. The van der Waals surface area contributed by atoms with E-state index in [1.54, 1.807) is 4.90 Å². The van der Waals surface area contributed by atoms with Gasteiger partial charge in [0.15, 0.2) is 10.9 Å². The summed E-state index contributed by atoms with van der Waals surface area (Å²) in [5.74, 6) is 0.639. The summed E-state index contributed by atoms with van der Waals surface area (Å²) in [6.45, 7) is 5.31. The molecule has 0 aliphatic carbocycles. The van der Waals surface area contributed by atoms with E-state index in [1.165, 1.54) is 11.3 Å². The van der Waals surface area contributed by atoms with E-state index < -0.39 is 0 Å². The third-order valence-electron chi connectivity index (χ3n) is 4.34. The summed E-state index contributed by atoms with van der Waals surface area (Å²) < 4.78 is 5.80. The maximum absolute atomic E-state index is 12.1. The molecule has 2 heterocycles. The zero-order chi connectivity index (χ0) is 19.2. The standard InChI is InChI=1S/C20H23N3O3S/c1-3-23(4-2)19(25)11-7-10-18(24)22-20-21-15(13-27-20)17-12-14-8-5-6-9-16(14)26-17/h5-6,8-9,12-13H,3-4,7,10-11H2,1-2H3,(H,21,22,24). The van der Waals surface area contributed by atoms with Crippen LogP contribution in [0.25, 0.3) is 22.4 Å². The first-order chi connectivity index (χ1) is 13.1. The highest BCUT2D eigenvalue weighted by Gasteiger charge is 2.13. The molecular weight excluding hydrogens is 362 g/mol. The molecule has 0 aliphatic heterocycles. The average molecular weight is 385 g/mol. The van der Waals surface area contributed by atoms with Crippen molar-refractivity contribution >= 4 is 39.3 Å². The number of hydrogen-bond acceptors (Lipinski definition) is 5. The molecule has 142 valence electrons. The number of thiazole rings is 1. The number of fused-ring (bicyclic) bond motifs is 1. The number of benzene rings is 1. The molecule has 0 bridgehead atoms. The molecule has 0 radical (unpaired) electrons. The van der Waals surface area contributed by atoms with Gasteiger partial charge in [0, 0.05) is 36.7 Å². The van der Waals surface area contributed by atoms with Crippen molar-refractivity contribution in [3.05, 3.63) is 35.7 Å². The SMILES string of the molecule is CCN(CC)C(=O)CCCC(=O)Nc1nc(-c2cc3ccccc3o2)cs1. The predicted molar refractivity (Wildman–Crippen MR) is 108 cm³/mol. The molecular formula is C20H23N3O3S. The number of rotatable bonds is 8. The molecule has 0 saturated heterocycles. The van der Waals surface area contributed by atoms with Gasteiger partial charge < -0.3 is 14.6 Å². The van der Waals surface area contributed by atoms with Crippen LogP contribution in [0.4, 0.5) is 5.13 Å². The Bertz CT molecular complexity index is 894. The molecule has 0 saturated carbocycles. The number of amides is 2. The van der Waals surface area contributed by atoms with E-state index in [1.807, 2.05) is 49.6 Å². The van der Waals surface area contributed by atoms with Gasteiger partial charge in [0.25, 0.3) is 0 Å². The second-order valence-corrected chi connectivity index (χ2v) is 7.01. The van der Waals surface area contributed by atoms with E-state index in [9.17, 15) is 9.59 Å². The lowest BCUT2D eigenvalue weighted by atomic mass is 10.2. The van der Waals surface area contributed by atoms with Crippen LogP contribution in [0.15, 0.2) is 40.1 Å². The molecule has 0 spiro atoms. The van der Waals surface area contributed by atoms with Crippen LogP contribution in [0.2, 0.25) is 0 Å². The van der Waals surface area contributed by atoms with Gasteiger partial charge in [-0.3, -0.25) is 9.59 Å². The van der Waals surface area contributed by atoms with E-state index in [-0.39, 0.29) is 11.8 Å². The van der Waals surface area contributed by atoms with Crippen LogP contribution in [-0.4, -0.2) is 34.8 Å². The Morgan fingerprint density at radius 1 is 1.19 bits per heavy atom. The largest absolute Gasteiger partial charge is 0.454 e. The minimum atomic E-state index is -0.132. The molecule has 7 heteroatoms. The molecule has 27 heavy (non-hydrogen) atoms. The van der Waals surface area contributed by atoms with Crippen LogP contribution in [-0.2, 0) is 9.59 Å². The maximum Gasteiger partial charge on any atom is 0.226 e. The minimum Gasteiger partial charge on any atom is -0.454 e. The quantitative estimate of drug-likeness (QED) is 0.618. The van der Waals surface area contributed by atoms with E-state index >= 15 is 0 Å². The summed E-state index contributed by atoms with van der Waals surface area (Å²) in [6, 6.07) is 9.71. The summed E-state index contributed by atoms with van der Waals surface area (Å²) >= 11 is 1.36. The smallest absolute Gasteiger partial charge is 0.226 e. The highest BCUT2D eigenvalue weighted by atomic mass is 32.1. The Hall–Kier alpha value is -2.67. The zero-order valence-electron chi connectivity index (χ0n) is 15.5. The number of furan rings is 1. The van der Waals surface area contributed by atoms with Crippen molar-refractivity contribution in [2.45, 2.75) is 33.1 Å². The van der Waals surface area contributed by atoms with Gasteiger partial charge in [-0.1, -0.05) is 18.2 Å². The topological polar surface area (TPSA) is 75.4 Å². The molecule has 0 atom stereocenters. The number of nitrogens with one attached hydrogen (secondary N) is 1. The van der Waals surface area contributed by atoms with Crippen LogP contribution < -0.4 is 5.32 Å². The number of hydrogen-bond donors (Lipinski definition) is 1. The second kappa shape index (κ2) is 8.81. The second-order valence-electron chi connectivity index (χ2n) is 6.15. The highest BCUT2D eigenvalue weighted by Crippen LogP contribution is 2.30. The van der Waals surface area contributed by atoms with Crippen LogP contribution in [0.1, 0.15) is 33.1 Å². The monoisotopic (exact) mass is 385 g/mol. The van der Waals surface area contributed by atoms with Gasteiger partial charge in [-0.05, 0) is 32.4 Å². The van der Waals surface area contributed by atoms with Gasteiger partial charge in [-0.25, -0.2) is 4.98 Å². The Labute approximate surface area is 162 Å². The number of aromatic nitrogens is 1. The highest BCUT2D eigenvalue weighted by molar-refractivity contribution is 7.14. The van der Waals surface area contributed by atoms with Gasteiger partial charge in [-0.15, -0.1) is 11.3 Å². The summed E-state index contributed by atoms with van der Waals surface area (Å²) in [6.07, 6.45) is 1.22. The molecule has 1 aromatic carbocycles. The first-order valence-corrected chi connectivity index (χ1v) is 10.0. The lowest BCUT2D eigenvalue weighted by molar-refractivity contribution is -0.130. The molecule has 1 N–H and O–H groups in total. The van der Waals surface area contributed by atoms with E-state index in [2.05, 4.69) is 10.3 Å². The number of nitrogens with zero attached hydrogens (tertiary/aromatic N) is 2. The van der Waals surface area contributed by atoms with E-state index in [0.717, 1.165) is 11.0 Å². The van der Waals surface area contributed by atoms with Crippen LogP contribution in [0.3, 0.4) is 0 Å². The summed E-state index contributed by atoms with van der Waals surface area (Å²) in [5.41, 5.74) is 1.51. The molecule has 0 aliphatic rings. The van der Waals surface area contributed by atoms with Crippen LogP contribution in [0, 0.1) is 0 Å². The molecule has 3 aromatic rings. The Morgan fingerprint density at radius 3 is 2.70 bits per heavy atom. The van der Waals surface area contributed by atoms with Crippen molar-refractivity contribution in [2.75, 3.05) is 18.4 Å². The normalized spacial score (nSPS) is 10.9. The first kappa shape index (κ1) is 19.1. The van der Waals surface area contributed by atoms with Crippen molar-refractivity contribution in [3.8, 4) is 11.5 Å². The molecule has 0 unspecified atom stereocenters. The number of anilines is 1. The number of carbonyl (C=O) groups is 2. The van der Waals surface area contributed by atoms with E-state index in [0.29, 0.717) is 48.9 Å². The van der Waals surface area contributed by atoms with Crippen molar-refractivity contribution < 1.29 is 14.0 Å². The van der Waals surface area contributed by atoms with E-state index in [4.69, 9.17) is 4.42 Å². The zero-order valence-corrected chi connectivity index (χ0v) is 16.3. The minimum absolute atomic E-state index is 0.0919. The molecule has 0 fully saturated rings. The lowest BCUT2D eigenvalue weighted by Crippen LogP contribution is -2.30. The van der Waals surface area contributed by atoms with Gasteiger partial charge in [0.2, 0.25) is 11.8 Å². The third-order valence-corrected chi connectivity index (χ3v) is 5.10. The predicted octanol–water partition coefficient (Wildman–Crippen LogP) is 4.53. The number of para-hydroxylation sites is 1. The average Bonchev–Trinajstić information content (AvgIpc) is 3.29.